The zero-order chi connectivity index (χ0) is 10.7. The predicted octanol–water partition coefficient (Wildman–Crippen LogP) is 1.92. The van der Waals surface area contributed by atoms with Gasteiger partial charge in [-0.25, -0.2) is 8.78 Å². The Hall–Kier alpha value is -0.530. The summed E-state index contributed by atoms with van der Waals surface area (Å²) in [6, 6.07) is 0. The maximum absolute atomic E-state index is 12.3. The fraction of sp³-hybridized carbons (Fsp3) is 1.00. The summed E-state index contributed by atoms with van der Waals surface area (Å²) >= 11 is 0. The van der Waals surface area contributed by atoms with Gasteiger partial charge < -0.3 is 5.73 Å². The molecular formula is C5H4F7N. The summed E-state index contributed by atoms with van der Waals surface area (Å²) in [6.07, 6.45) is -7.69. The summed E-state index contributed by atoms with van der Waals surface area (Å²) in [5.74, 6) is -9.70. The van der Waals surface area contributed by atoms with Crippen LogP contribution in [0.5, 0.6) is 0 Å². The van der Waals surface area contributed by atoms with E-state index in [-0.39, 0.29) is 0 Å². The van der Waals surface area contributed by atoms with Crippen LogP contribution in [0.15, 0.2) is 0 Å². The van der Waals surface area contributed by atoms with Crippen LogP contribution in [0.2, 0.25) is 0 Å². The molecule has 0 heterocycles. The second kappa shape index (κ2) is 2.10. The Kier molecular flexibility index (Phi) is 1.70. The number of nitrogens with two attached hydrogens (primary N) is 1. The van der Waals surface area contributed by atoms with Crippen molar-refractivity contribution in [3.63, 3.8) is 0 Å². The summed E-state index contributed by atoms with van der Waals surface area (Å²) in [5, 5.41) is 0. The molecule has 1 nitrogen and oxygen atoms in total. The summed E-state index contributed by atoms with van der Waals surface area (Å²) in [4.78, 5) is 0. The zero-order valence-electron chi connectivity index (χ0n) is 5.93. The van der Waals surface area contributed by atoms with E-state index in [0.717, 1.165) is 0 Å². The summed E-state index contributed by atoms with van der Waals surface area (Å²) < 4.78 is 83.4. The van der Waals surface area contributed by atoms with E-state index in [9.17, 15) is 30.7 Å². The number of hydrogen-bond donors (Lipinski definition) is 1. The summed E-state index contributed by atoms with van der Waals surface area (Å²) in [6.45, 7) is 0. The lowest BCUT2D eigenvalue weighted by Gasteiger charge is -2.25. The van der Waals surface area contributed by atoms with Gasteiger partial charge >= 0.3 is 12.1 Å². The summed E-state index contributed by atoms with van der Waals surface area (Å²) in [5.41, 5.74) is 0.503. The van der Waals surface area contributed by atoms with Gasteiger partial charge in [-0.1, -0.05) is 0 Å². The molecule has 8 heteroatoms. The highest BCUT2D eigenvalue weighted by Crippen LogP contribution is 2.62. The third-order valence-corrected chi connectivity index (χ3v) is 1.94. The van der Waals surface area contributed by atoms with Crippen molar-refractivity contribution in [3.05, 3.63) is 0 Å². The van der Waals surface area contributed by atoms with Crippen LogP contribution in [-0.2, 0) is 0 Å². The Morgan fingerprint density at radius 3 is 1.38 bits per heavy atom. The molecule has 1 fully saturated rings. The minimum atomic E-state index is -6.04. The molecule has 1 saturated carbocycles. The van der Waals surface area contributed by atoms with Crippen LogP contribution in [0.1, 0.15) is 6.42 Å². The first-order valence-corrected chi connectivity index (χ1v) is 3.07. The molecule has 0 amide bonds. The normalized spacial score (nSPS) is 33.2. The molecule has 1 rings (SSSR count). The fourth-order valence-corrected chi connectivity index (χ4v) is 0.900. The highest BCUT2D eigenvalue weighted by molar-refractivity contribution is 5.24. The van der Waals surface area contributed by atoms with Crippen molar-refractivity contribution < 1.29 is 30.7 Å². The van der Waals surface area contributed by atoms with Crippen LogP contribution >= 0.6 is 0 Å². The molecule has 1 unspecified atom stereocenters. The van der Waals surface area contributed by atoms with Gasteiger partial charge in [0.2, 0.25) is 0 Å². The molecule has 0 bridgehead atoms. The first-order chi connectivity index (χ1) is 5.46. The predicted molar refractivity (Wildman–Crippen MR) is 27.5 cm³/mol. The molecule has 0 aliphatic heterocycles. The van der Waals surface area contributed by atoms with Crippen molar-refractivity contribution in [2.45, 2.75) is 30.0 Å². The van der Waals surface area contributed by atoms with Gasteiger partial charge in [0, 0.05) is 6.42 Å². The lowest BCUT2D eigenvalue weighted by Crippen LogP contribution is -2.57. The van der Waals surface area contributed by atoms with Gasteiger partial charge in [-0.05, 0) is 0 Å². The van der Waals surface area contributed by atoms with E-state index in [0.29, 0.717) is 0 Å². The average molecular weight is 211 g/mol. The molecular weight excluding hydrogens is 207 g/mol. The van der Waals surface area contributed by atoms with Gasteiger partial charge in [0.1, 0.15) is 0 Å². The van der Waals surface area contributed by atoms with E-state index in [1.54, 1.807) is 0 Å². The molecule has 0 aromatic carbocycles. The number of alkyl halides is 7. The lowest BCUT2D eigenvalue weighted by molar-refractivity contribution is -0.301. The second-order valence-electron chi connectivity index (χ2n) is 2.92. The molecule has 0 saturated heterocycles. The SMILES string of the molecule is NC1(C(F)(F)C(F)(F)F)CC1(F)F. The monoisotopic (exact) mass is 211 g/mol. The molecule has 78 valence electrons. The Bertz CT molecular complexity index is 232. The Morgan fingerprint density at radius 1 is 1.00 bits per heavy atom. The Labute approximate surface area is 67.7 Å². The maximum Gasteiger partial charge on any atom is 0.455 e. The molecule has 1 aliphatic rings. The quantitative estimate of drug-likeness (QED) is 0.659. The molecule has 13 heavy (non-hydrogen) atoms. The van der Waals surface area contributed by atoms with E-state index in [4.69, 9.17) is 0 Å². The third-order valence-electron chi connectivity index (χ3n) is 1.94. The van der Waals surface area contributed by atoms with Crippen molar-refractivity contribution in [1.82, 2.24) is 0 Å². The van der Waals surface area contributed by atoms with Crippen LogP contribution < -0.4 is 5.73 Å². The van der Waals surface area contributed by atoms with Gasteiger partial charge in [-0.3, -0.25) is 0 Å². The van der Waals surface area contributed by atoms with Crippen molar-refractivity contribution >= 4 is 0 Å². The van der Waals surface area contributed by atoms with Gasteiger partial charge in [-0.2, -0.15) is 22.0 Å². The van der Waals surface area contributed by atoms with Crippen molar-refractivity contribution in [2.24, 2.45) is 5.73 Å². The molecule has 0 spiro atoms. The highest BCUT2D eigenvalue weighted by atomic mass is 19.4. The Morgan fingerprint density at radius 2 is 1.31 bits per heavy atom. The van der Waals surface area contributed by atoms with Crippen molar-refractivity contribution in [1.29, 1.82) is 0 Å². The van der Waals surface area contributed by atoms with Crippen LogP contribution in [-0.4, -0.2) is 23.6 Å². The van der Waals surface area contributed by atoms with Crippen molar-refractivity contribution in [2.75, 3.05) is 0 Å². The second-order valence-corrected chi connectivity index (χ2v) is 2.92. The Balaban J connectivity index is 2.97. The first kappa shape index (κ1) is 10.6. The van der Waals surface area contributed by atoms with Gasteiger partial charge in [0.25, 0.3) is 5.92 Å². The fourth-order valence-electron chi connectivity index (χ4n) is 0.900. The van der Waals surface area contributed by atoms with E-state index < -0.39 is 30.0 Å². The van der Waals surface area contributed by atoms with E-state index in [1.807, 2.05) is 0 Å². The largest absolute Gasteiger partial charge is 0.455 e. The first-order valence-electron chi connectivity index (χ1n) is 3.07. The third kappa shape index (κ3) is 1.11. The molecule has 1 atom stereocenters. The molecule has 1 aliphatic carbocycles. The minimum absolute atomic E-state index is 1.65. The van der Waals surface area contributed by atoms with Gasteiger partial charge in [0.05, 0.1) is 0 Å². The molecule has 0 aromatic rings. The topological polar surface area (TPSA) is 26.0 Å². The van der Waals surface area contributed by atoms with E-state index in [1.165, 1.54) is 0 Å². The van der Waals surface area contributed by atoms with Crippen LogP contribution in [0.25, 0.3) is 0 Å². The van der Waals surface area contributed by atoms with Crippen LogP contribution in [0.3, 0.4) is 0 Å². The standard InChI is InChI=1S/C5H4F7N/c6-3(7)1-2(3,13)4(8,9)5(10,11)12/h1,13H2. The van der Waals surface area contributed by atoms with Gasteiger partial charge in [-0.15, -0.1) is 0 Å². The number of hydrogen-bond acceptors (Lipinski definition) is 1. The van der Waals surface area contributed by atoms with Crippen molar-refractivity contribution in [3.8, 4) is 0 Å². The average Bonchev–Trinajstić information content (AvgIpc) is 2.31. The minimum Gasteiger partial charge on any atom is -0.315 e. The molecule has 2 N–H and O–H groups in total. The van der Waals surface area contributed by atoms with Gasteiger partial charge in [0.15, 0.2) is 5.54 Å². The zero-order valence-corrected chi connectivity index (χ0v) is 5.93. The van der Waals surface area contributed by atoms with E-state index in [2.05, 4.69) is 5.73 Å². The molecule has 0 radical (unpaired) electrons. The highest BCUT2D eigenvalue weighted by Gasteiger charge is 2.87. The maximum atomic E-state index is 12.3. The lowest BCUT2D eigenvalue weighted by atomic mass is 10.1. The van der Waals surface area contributed by atoms with E-state index >= 15 is 0 Å². The summed E-state index contributed by atoms with van der Waals surface area (Å²) in [7, 11) is 0. The number of halogens is 7. The van der Waals surface area contributed by atoms with Crippen LogP contribution in [0, 0.1) is 0 Å². The molecule has 0 aromatic heterocycles. The smallest absolute Gasteiger partial charge is 0.315 e. The number of rotatable bonds is 1. The van der Waals surface area contributed by atoms with Crippen LogP contribution in [0.4, 0.5) is 30.7 Å².